The van der Waals surface area contributed by atoms with Crippen molar-refractivity contribution in [1.82, 2.24) is 10.6 Å². The van der Waals surface area contributed by atoms with Crippen LogP contribution in [-0.2, 0) is 14.3 Å². The zero-order valence-corrected chi connectivity index (χ0v) is 17.1. The average molecular weight is 377 g/mol. The number of nitrogens with one attached hydrogen (secondary N) is 2. The number of alkyl carbamates (subject to hydrolysis) is 2. The van der Waals surface area contributed by atoms with Crippen LogP contribution >= 0.6 is 0 Å². The number of carboxylic acid groups (broad SMARTS) is 1. The molecule has 0 rings (SSSR count). The van der Waals surface area contributed by atoms with E-state index in [0.29, 0.717) is 6.42 Å². The van der Waals surface area contributed by atoms with Gasteiger partial charge in [0.25, 0.3) is 0 Å². The minimum atomic E-state index is -1.31. The summed E-state index contributed by atoms with van der Waals surface area (Å²) in [4.78, 5) is 34.4. The highest BCUT2D eigenvalue weighted by molar-refractivity contribution is 6.76. The summed E-state index contributed by atoms with van der Waals surface area (Å²) in [5.41, 5.74) is -0.588. The van der Waals surface area contributed by atoms with Gasteiger partial charge >= 0.3 is 18.2 Å². The van der Waals surface area contributed by atoms with Crippen LogP contribution in [0.2, 0.25) is 25.7 Å². The van der Waals surface area contributed by atoms with Crippen LogP contribution in [0.1, 0.15) is 33.6 Å². The Balaban J connectivity index is 4.12. The number of carboxylic acids is 1. The molecule has 25 heavy (non-hydrogen) atoms. The first-order valence-electron chi connectivity index (χ1n) is 8.43. The van der Waals surface area contributed by atoms with Crippen LogP contribution in [0.15, 0.2) is 0 Å². The molecule has 0 saturated heterocycles. The molecular weight excluding hydrogens is 344 g/mol. The smallest absolute Gasteiger partial charge is 0.407 e. The number of ether oxygens (including phenoxy) is 2. The fourth-order valence-corrected chi connectivity index (χ4v) is 2.42. The summed E-state index contributed by atoms with van der Waals surface area (Å²) < 4.78 is 10.1. The van der Waals surface area contributed by atoms with Crippen LogP contribution in [-0.4, -0.2) is 56.1 Å². The van der Waals surface area contributed by atoms with Crippen LogP contribution in [0, 0.1) is 0 Å². The van der Waals surface area contributed by atoms with E-state index in [9.17, 15) is 14.4 Å². The van der Waals surface area contributed by atoms with Gasteiger partial charge in [-0.2, -0.15) is 0 Å². The molecule has 0 aromatic carbocycles. The number of amides is 2. The molecule has 146 valence electrons. The topological polar surface area (TPSA) is 114 Å². The molecule has 0 bridgehead atoms. The van der Waals surface area contributed by atoms with Gasteiger partial charge in [0.1, 0.15) is 11.6 Å². The van der Waals surface area contributed by atoms with E-state index in [0.717, 1.165) is 6.04 Å². The van der Waals surface area contributed by atoms with Crippen molar-refractivity contribution < 1.29 is 29.0 Å². The highest BCUT2D eigenvalue weighted by atomic mass is 28.3. The number of aliphatic carboxylic acids is 1. The first-order valence-corrected chi connectivity index (χ1v) is 12.1. The minimum Gasteiger partial charge on any atom is -0.480 e. The van der Waals surface area contributed by atoms with Crippen molar-refractivity contribution in [2.75, 3.05) is 13.2 Å². The summed E-state index contributed by atoms with van der Waals surface area (Å²) in [7, 11) is -1.31. The third kappa shape index (κ3) is 14.3. The Morgan fingerprint density at radius 2 is 1.72 bits per heavy atom. The standard InChI is InChI=1S/C16H32N2O6Si/c1-16(2,3)24-14(21)17-9-7-8-12(13(19)20)18-15(22)23-10-11-25(4,5)6/h12H,7-11H2,1-6H3,(H,17,21)(H,18,22)(H,19,20)/t12-/m0/s1. The van der Waals surface area contributed by atoms with Crippen LogP contribution in [0.3, 0.4) is 0 Å². The predicted molar refractivity (Wildman–Crippen MR) is 97.5 cm³/mol. The quantitative estimate of drug-likeness (QED) is 0.421. The van der Waals surface area contributed by atoms with E-state index in [1.807, 2.05) is 0 Å². The molecule has 8 nitrogen and oxygen atoms in total. The largest absolute Gasteiger partial charge is 0.480 e. The molecule has 0 aromatic rings. The van der Waals surface area contributed by atoms with Gasteiger partial charge in [-0.3, -0.25) is 0 Å². The van der Waals surface area contributed by atoms with Gasteiger partial charge in [0.15, 0.2) is 0 Å². The van der Waals surface area contributed by atoms with Gasteiger partial charge in [-0.25, -0.2) is 14.4 Å². The van der Waals surface area contributed by atoms with Gasteiger partial charge in [-0.15, -0.1) is 0 Å². The maximum absolute atomic E-state index is 11.7. The van der Waals surface area contributed by atoms with Crippen molar-refractivity contribution in [2.24, 2.45) is 0 Å². The van der Waals surface area contributed by atoms with E-state index in [-0.39, 0.29) is 19.6 Å². The van der Waals surface area contributed by atoms with Gasteiger partial charge < -0.3 is 25.2 Å². The van der Waals surface area contributed by atoms with Crippen molar-refractivity contribution >= 4 is 26.2 Å². The zero-order valence-electron chi connectivity index (χ0n) is 16.1. The van der Waals surface area contributed by atoms with Crippen molar-refractivity contribution in [3.8, 4) is 0 Å². The summed E-state index contributed by atoms with van der Waals surface area (Å²) in [6, 6.07) is -0.238. The fraction of sp³-hybridized carbons (Fsp3) is 0.812. The molecule has 0 saturated carbocycles. The Hall–Kier alpha value is -1.77. The third-order valence-electron chi connectivity index (χ3n) is 3.01. The maximum atomic E-state index is 11.7. The molecular formula is C16H32N2O6Si. The number of hydrogen-bond donors (Lipinski definition) is 3. The lowest BCUT2D eigenvalue weighted by molar-refractivity contribution is -0.139. The van der Waals surface area contributed by atoms with E-state index >= 15 is 0 Å². The normalized spacial score (nSPS) is 12.9. The Kier molecular flexibility index (Phi) is 9.54. The summed E-state index contributed by atoms with van der Waals surface area (Å²) in [5.74, 6) is -1.14. The molecule has 1 atom stereocenters. The van der Waals surface area contributed by atoms with Crippen molar-refractivity contribution in [1.29, 1.82) is 0 Å². The summed E-state index contributed by atoms with van der Waals surface area (Å²) in [6.07, 6.45) is -0.733. The van der Waals surface area contributed by atoms with Crippen molar-refractivity contribution in [3.05, 3.63) is 0 Å². The molecule has 0 spiro atoms. The van der Waals surface area contributed by atoms with E-state index in [1.54, 1.807) is 20.8 Å². The summed E-state index contributed by atoms with van der Waals surface area (Å²) in [6.45, 7) is 12.3. The zero-order chi connectivity index (χ0) is 19.7. The van der Waals surface area contributed by atoms with E-state index in [2.05, 4.69) is 30.3 Å². The molecule has 0 radical (unpaired) electrons. The van der Waals surface area contributed by atoms with Gasteiger partial charge in [0, 0.05) is 14.6 Å². The van der Waals surface area contributed by atoms with Crippen LogP contribution in [0.25, 0.3) is 0 Å². The highest BCUT2D eigenvalue weighted by Crippen LogP contribution is 2.08. The lowest BCUT2D eigenvalue weighted by Crippen LogP contribution is -2.42. The molecule has 9 heteroatoms. The molecule has 0 aliphatic carbocycles. The van der Waals surface area contributed by atoms with Crippen LogP contribution in [0.4, 0.5) is 9.59 Å². The molecule has 0 unspecified atom stereocenters. The summed E-state index contributed by atoms with van der Waals surface area (Å²) >= 11 is 0. The van der Waals surface area contributed by atoms with E-state index < -0.39 is 37.9 Å². The molecule has 0 fully saturated rings. The minimum absolute atomic E-state index is 0.175. The molecule has 0 aromatic heterocycles. The maximum Gasteiger partial charge on any atom is 0.407 e. The number of rotatable bonds is 9. The van der Waals surface area contributed by atoms with E-state index in [4.69, 9.17) is 14.6 Å². The Morgan fingerprint density at radius 1 is 1.12 bits per heavy atom. The molecule has 3 N–H and O–H groups in total. The Labute approximate surface area is 150 Å². The van der Waals surface area contributed by atoms with Gasteiger partial charge in [0.05, 0.1) is 6.61 Å². The highest BCUT2D eigenvalue weighted by Gasteiger charge is 2.21. The Bertz CT molecular complexity index is 457. The second-order valence-corrected chi connectivity index (χ2v) is 13.7. The number of carbonyl (C=O) groups excluding carboxylic acids is 2. The van der Waals surface area contributed by atoms with Gasteiger partial charge in [-0.05, 0) is 39.7 Å². The average Bonchev–Trinajstić information content (AvgIpc) is 2.38. The lowest BCUT2D eigenvalue weighted by Gasteiger charge is -2.20. The summed E-state index contributed by atoms with van der Waals surface area (Å²) in [5, 5.41) is 14.0. The van der Waals surface area contributed by atoms with E-state index in [1.165, 1.54) is 0 Å². The van der Waals surface area contributed by atoms with Gasteiger partial charge in [0.2, 0.25) is 0 Å². The second-order valence-electron chi connectivity index (χ2n) is 8.05. The lowest BCUT2D eigenvalue weighted by atomic mass is 10.1. The SMILES string of the molecule is CC(C)(C)OC(=O)NCCC[C@H](NC(=O)OCC[Si](C)(C)C)C(=O)O. The van der Waals surface area contributed by atoms with Crippen molar-refractivity contribution in [3.63, 3.8) is 0 Å². The molecule has 2 amide bonds. The third-order valence-corrected chi connectivity index (χ3v) is 4.72. The molecule has 0 aliphatic heterocycles. The second kappa shape index (κ2) is 10.3. The van der Waals surface area contributed by atoms with Gasteiger partial charge in [-0.1, -0.05) is 19.6 Å². The molecule has 0 heterocycles. The predicted octanol–water partition coefficient (Wildman–Crippen LogP) is 2.81. The number of hydrogen-bond acceptors (Lipinski definition) is 5. The first-order chi connectivity index (χ1) is 11.3. The monoisotopic (exact) mass is 376 g/mol. The van der Waals surface area contributed by atoms with Crippen LogP contribution in [0.5, 0.6) is 0 Å². The van der Waals surface area contributed by atoms with Crippen LogP contribution < -0.4 is 10.6 Å². The first kappa shape index (κ1) is 23.2. The fourth-order valence-electron chi connectivity index (χ4n) is 1.70. The number of carbonyl (C=O) groups is 3. The molecule has 0 aliphatic rings. The van der Waals surface area contributed by atoms with Crippen molar-refractivity contribution in [2.45, 2.75) is 70.9 Å². The Morgan fingerprint density at radius 3 is 2.20 bits per heavy atom.